The Kier molecular flexibility index (Phi) is 75.8. The molecule has 0 spiro atoms. The van der Waals surface area contributed by atoms with E-state index >= 15 is 0 Å². The van der Waals surface area contributed by atoms with Crippen LogP contribution in [-0.2, 0) is 14.3 Å². The van der Waals surface area contributed by atoms with Crippen LogP contribution < -0.4 is 5.32 Å². The van der Waals surface area contributed by atoms with Crippen molar-refractivity contribution in [3.05, 3.63) is 36.5 Å². The molecular weight excluding hydrogens is 1080 g/mol. The second kappa shape index (κ2) is 77.5. The molecule has 0 aliphatic rings. The first-order valence-electron chi connectivity index (χ1n) is 40.2. The van der Waals surface area contributed by atoms with Gasteiger partial charge in [0.2, 0.25) is 5.91 Å². The Hall–Kier alpha value is -1.92. The molecule has 0 aromatic rings. The third-order valence-electron chi connectivity index (χ3n) is 18.9. The molecule has 3 N–H and O–H groups in total. The standard InChI is InChI=1S/C82H157NO5/c1-3-5-7-9-11-13-15-17-18-19-20-21-22-36-39-42-45-48-51-54-58-62-66-70-74-80(85)79(78-84)83-81(86)75-71-67-63-59-55-52-49-46-43-40-37-34-32-30-28-26-24-23-25-27-29-31-33-35-38-41-44-47-50-53-57-61-65-69-73-77-88-82(87)76-72-68-64-60-56-16-14-12-10-8-6-4-2/h12,14,25,27,31,33,79-80,84-85H,3-11,13,15-24,26,28-30,32,34-78H2,1-2H3,(H,83,86)/b14-12-,27-25-,33-31-. The Morgan fingerprint density at radius 2 is 0.568 bits per heavy atom. The van der Waals surface area contributed by atoms with Gasteiger partial charge >= 0.3 is 5.97 Å². The Morgan fingerprint density at radius 1 is 0.318 bits per heavy atom. The van der Waals surface area contributed by atoms with Crippen LogP contribution in [-0.4, -0.2) is 47.4 Å². The fourth-order valence-corrected chi connectivity index (χ4v) is 12.8. The summed E-state index contributed by atoms with van der Waals surface area (Å²) in [7, 11) is 0. The van der Waals surface area contributed by atoms with Crippen LogP contribution in [0, 0.1) is 0 Å². The topological polar surface area (TPSA) is 95.9 Å². The van der Waals surface area contributed by atoms with E-state index in [-0.39, 0.29) is 18.5 Å². The largest absolute Gasteiger partial charge is 0.466 e. The highest BCUT2D eigenvalue weighted by molar-refractivity contribution is 5.76. The lowest BCUT2D eigenvalue weighted by molar-refractivity contribution is -0.143. The smallest absolute Gasteiger partial charge is 0.305 e. The lowest BCUT2D eigenvalue weighted by Gasteiger charge is -2.22. The number of hydrogen-bond acceptors (Lipinski definition) is 5. The number of carbonyl (C=O) groups is 2. The van der Waals surface area contributed by atoms with Crippen LogP contribution in [0.15, 0.2) is 36.5 Å². The molecule has 0 bridgehead atoms. The van der Waals surface area contributed by atoms with E-state index in [1.807, 2.05) is 0 Å². The fourth-order valence-electron chi connectivity index (χ4n) is 12.8. The first-order valence-corrected chi connectivity index (χ1v) is 40.2. The summed E-state index contributed by atoms with van der Waals surface area (Å²) in [6, 6.07) is -0.541. The van der Waals surface area contributed by atoms with Crippen molar-refractivity contribution in [2.75, 3.05) is 13.2 Å². The molecule has 0 aromatic carbocycles. The molecule has 0 aromatic heterocycles. The summed E-state index contributed by atoms with van der Waals surface area (Å²) >= 11 is 0. The molecule has 0 fully saturated rings. The van der Waals surface area contributed by atoms with Crippen LogP contribution in [0.1, 0.15) is 450 Å². The van der Waals surface area contributed by atoms with Crippen LogP contribution in [0.5, 0.6) is 0 Å². The zero-order chi connectivity index (χ0) is 63.5. The van der Waals surface area contributed by atoms with Crippen molar-refractivity contribution in [1.82, 2.24) is 5.32 Å². The maximum absolute atomic E-state index is 12.6. The average Bonchev–Trinajstić information content (AvgIpc) is 3.54. The average molecular weight is 1240 g/mol. The number of unbranched alkanes of at least 4 members (excludes halogenated alkanes) is 59. The molecule has 0 aliphatic heterocycles. The fraction of sp³-hybridized carbons (Fsp3) is 0.902. The summed E-state index contributed by atoms with van der Waals surface area (Å²) in [6.45, 7) is 4.97. The maximum atomic E-state index is 12.6. The lowest BCUT2D eigenvalue weighted by Crippen LogP contribution is -2.45. The summed E-state index contributed by atoms with van der Waals surface area (Å²) in [5, 5.41) is 23.5. The lowest BCUT2D eigenvalue weighted by atomic mass is 10.0. The monoisotopic (exact) mass is 1240 g/mol. The van der Waals surface area contributed by atoms with Gasteiger partial charge in [-0.05, 0) is 83.5 Å². The number of amides is 1. The second-order valence-electron chi connectivity index (χ2n) is 27.7. The Labute approximate surface area is 551 Å². The first-order chi connectivity index (χ1) is 43.5. The molecule has 1 amide bonds. The number of aliphatic hydroxyl groups is 2. The quantitative estimate of drug-likeness (QED) is 0.0320. The van der Waals surface area contributed by atoms with Crippen molar-refractivity contribution in [3.8, 4) is 0 Å². The van der Waals surface area contributed by atoms with Gasteiger partial charge in [0.15, 0.2) is 0 Å². The second-order valence-corrected chi connectivity index (χ2v) is 27.7. The van der Waals surface area contributed by atoms with Gasteiger partial charge in [0, 0.05) is 12.8 Å². The van der Waals surface area contributed by atoms with Gasteiger partial charge in [0.05, 0.1) is 25.4 Å². The predicted octanol–water partition coefficient (Wildman–Crippen LogP) is 26.6. The summed E-state index contributed by atoms with van der Waals surface area (Å²) in [5.41, 5.74) is 0. The Morgan fingerprint density at radius 3 is 0.898 bits per heavy atom. The van der Waals surface area contributed by atoms with Gasteiger partial charge < -0.3 is 20.3 Å². The van der Waals surface area contributed by atoms with E-state index < -0.39 is 12.1 Å². The molecule has 6 nitrogen and oxygen atoms in total. The van der Waals surface area contributed by atoms with Crippen LogP contribution in [0.3, 0.4) is 0 Å². The van der Waals surface area contributed by atoms with Gasteiger partial charge in [0.1, 0.15) is 0 Å². The molecule has 520 valence electrons. The molecule has 0 saturated carbocycles. The third-order valence-corrected chi connectivity index (χ3v) is 18.9. The van der Waals surface area contributed by atoms with E-state index in [2.05, 4.69) is 55.6 Å². The summed E-state index contributed by atoms with van der Waals surface area (Å²) in [4.78, 5) is 24.6. The number of nitrogens with one attached hydrogen (secondary N) is 1. The van der Waals surface area contributed by atoms with E-state index in [9.17, 15) is 19.8 Å². The number of allylic oxidation sites excluding steroid dienone is 6. The highest BCUT2D eigenvalue weighted by Crippen LogP contribution is 2.20. The van der Waals surface area contributed by atoms with Crippen LogP contribution >= 0.6 is 0 Å². The SMILES string of the molecule is CCCCC/C=C\CCCCCCCC(=O)OCCCCCCCCCCCCC/C=C\C/C=C\CCCCCCCCCCCCCCCCCCCC(=O)NC(CO)C(O)CCCCCCCCCCCCCCCCCCCCCCCCCC. The molecule has 88 heavy (non-hydrogen) atoms. The minimum absolute atomic E-state index is 0.00727. The number of aliphatic hydroxyl groups excluding tert-OH is 2. The van der Waals surface area contributed by atoms with Gasteiger partial charge in [-0.3, -0.25) is 9.59 Å². The molecule has 2 unspecified atom stereocenters. The van der Waals surface area contributed by atoms with E-state index in [0.29, 0.717) is 25.9 Å². The van der Waals surface area contributed by atoms with Crippen molar-refractivity contribution in [2.45, 2.75) is 463 Å². The van der Waals surface area contributed by atoms with Gasteiger partial charge in [-0.15, -0.1) is 0 Å². The predicted molar refractivity (Wildman–Crippen MR) is 389 cm³/mol. The van der Waals surface area contributed by atoms with Gasteiger partial charge in [-0.25, -0.2) is 0 Å². The zero-order valence-electron chi connectivity index (χ0n) is 59.7. The number of esters is 1. The minimum atomic E-state index is -0.664. The maximum Gasteiger partial charge on any atom is 0.305 e. The van der Waals surface area contributed by atoms with Gasteiger partial charge in [0.25, 0.3) is 0 Å². The summed E-state index contributed by atoms with van der Waals surface area (Å²) in [5.74, 6) is -0.0198. The molecular formula is C82H157NO5. The van der Waals surface area contributed by atoms with E-state index in [0.717, 1.165) is 51.4 Å². The summed E-state index contributed by atoms with van der Waals surface area (Å²) in [6.07, 6.45) is 101. The molecule has 0 rings (SSSR count). The van der Waals surface area contributed by atoms with Crippen molar-refractivity contribution >= 4 is 11.9 Å². The Balaban J connectivity index is 3.38. The van der Waals surface area contributed by atoms with Crippen molar-refractivity contribution in [3.63, 3.8) is 0 Å². The molecule has 0 heterocycles. The third kappa shape index (κ3) is 73.1. The Bertz CT molecular complexity index is 1430. The number of rotatable bonds is 76. The minimum Gasteiger partial charge on any atom is -0.466 e. The number of carbonyl (C=O) groups excluding carboxylic acids is 2. The highest BCUT2D eigenvalue weighted by Gasteiger charge is 2.20. The van der Waals surface area contributed by atoms with Crippen molar-refractivity contribution in [2.24, 2.45) is 0 Å². The van der Waals surface area contributed by atoms with Gasteiger partial charge in [-0.2, -0.15) is 0 Å². The van der Waals surface area contributed by atoms with Crippen molar-refractivity contribution < 1.29 is 24.5 Å². The van der Waals surface area contributed by atoms with Crippen LogP contribution in [0.25, 0.3) is 0 Å². The number of hydrogen-bond donors (Lipinski definition) is 3. The number of ether oxygens (including phenoxy) is 1. The molecule has 0 saturated heterocycles. The zero-order valence-corrected chi connectivity index (χ0v) is 59.7. The van der Waals surface area contributed by atoms with Crippen molar-refractivity contribution in [1.29, 1.82) is 0 Å². The van der Waals surface area contributed by atoms with E-state index in [4.69, 9.17) is 4.74 Å². The van der Waals surface area contributed by atoms with Gasteiger partial charge in [-0.1, -0.05) is 391 Å². The van der Waals surface area contributed by atoms with Crippen LogP contribution in [0.2, 0.25) is 0 Å². The first kappa shape index (κ1) is 86.1. The molecule has 0 aliphatic carbocycles. The molecule has 2 atom stereocenters. The highest BCUT2D eigenvalue weighted by atomic mass is 16.5. The normalized spacial score (nSPS) is 12.6. The molecule has 6 heteroatoms. The molecule has 0 radical (unpaired) electrons. The summed E-state index contributed by atoms with van der Waals surface area (Å²) < 4.78 is 5.48. The van der Waals surface area contributed by atoms with E-state index in [1.165, 1.54) is 366 Å². The van der Waals surface area contributed by atoms with Crippen LogP contribution in [0.4, 0.5) is 0 Å². The van der Waals surface area contributed by atoms with E-state index in [1.54, 1.807) is 0 Å².